The maximum absolute atomic E-state index is 6.24. The highest BCUT2D eigenvalue weighted by Crippen LogP contribution is 2.22. The Bertz CT molecular complexity index is 626. The second kappa shape index (κ2) is 9.10. The summed E-state index contributed by atoms with van der Waals surface area (Å²) in [5.74, 6) is 1.57. The van der Waals surface area contributed by atoms with Crippen LogP contribution >= 0.6 is 11.6 Å². The van der Waals surface area contributed by atoms with Gasteiger partial charge >= 0.3 is 0 Å². The minimum absolute atomic E-state index is 0.724. The lowest BCUT2D eigenvalue weighted by Gasteiger charge is -2.13. The summed E-state index contributed by atoms with van der Waals surface area (Å²) in [4.78, 5) is 4.22. The van der Waals surface area contributed by atoms with Crippen molar-refractivity contribution >= 4 is 17.6 Å². The van der Waals surface area contributed by atoms with Gasteiger partial charge < -0.3 is 19.9 Å². The molecular formula is C17H23ClN4O. The van der Waals surface area contributed by atoms with Crippen molar-refractivity contribution in [2.24, 2.45) is 4.99 Å². The fourth-order valence-electron chi connectivity index (χ4n) is 2.22. The Balaban J connectivity index is 1.73. The average molecular weight is 335 g/mol. The van der Waals surface area contributed by atoms with E-state index in [0.29, 0.717) is 0 Å². The average Bonchev–Trinajstić information content (AvgIpc) is 3.08. The van der Waals surface area contributed by atoms with Gasteiger partial charge in [0, 0.05) is 44.1 Å². The van der Waals surface area contributed by atoms with Crippen molar-refractivity contribution in [1.29, 1.82) is 0 Å². The number of benzene rings is 1. The molecule has 0 saturated heterocycles. The van der Waals surface area contributed by atoms with Gasteiger partial charge in [0.25, 0.3) is 0 Å². The number of aliphatic imine (C=N–C) groups is 1. The fourth-order valence-corrected chi connectivity index (χ4v) is 2.48. The van der Waals surface area contributed by atoms with Crippen LogP contribution in [0.3, 0.4) is 0 Å². The van der Waals surface area contributed by atoms with E-state index in [1.54, 1.807) is 14.2 Å². The molecule has 0 atom stereocenters. The maximum Gasteiger partial charge on any atom is 0.191 e. The van der Waals surface area contributed by atoms with Crippen LogP contribution in [0.2, 0.25) is 5.02 Å². The quantitative estimate of drug-likeness (QED) is 0.604. The molecule has 0 fully saturated rings. The van der Waals surface area contributed by atoms with Gasteiger partial charge in [-0.2, -0.15) is 0 Å². The van der Waals surface area contributed by atoms with Crippen molar-refractivity contribution in [3.05, 3.63) is 53.3 Å². The number of methoxy groups -OCH3 is 1. The lowest BCUT2D eigenvalue weighted by Crippen LogP contribution is -2.39. The van der Waals surface area contributed by atoms with Crippen molar-refractivity contribution in [3.63, 3.8) is 0 Å². The first kappa shape index (κ1) is 17.2. The first-order valence-electron chi connectivity index (χ1n) is 7.60. The molecule has 0 spiro atoms. The van der Waals surface area contributed by atoms with Gasteiger partial charge in [-0.05, 0) is 36.2 Å². The molecule has 2 rings (SSSR count). The second-order valence-electron chi connectivity index (χ2n) is 5.05. The molecular weight excluding hydrogens is 312 g/mol. The van der Waals surface area contributed by atoms with Gasteiger partial charge in [0.05, 0.1) is 7.11 Å². The third-order valence-corrected chi connectivity index (χ3v) is 3.85. The molecule has 2 N–H and O–H groups in total. The summed E-state index contributed by atoms with van der Waals surface area (Å²) in [5.41, 5.74) is 1.09. The Kier molecular flexibility index (Phi) is 6.81. The van der Waals surface area contributed by atoms with E-state index in [9.17, 15) is 0 Å². The van der Waals surface area contributed by atoms with Gasteiger partial charge in [-0.25, -0.2) is 0 Å². The fraction of sp³-hybridized carbons (Fsp3) is 0.353. The number of guanidine groups is 1. The number of hydrogen-bond donors (Lipinski definition) is 2. The van der Waals surface area contributed by atoms with Crippen LogP contribution in [0.1, 0.15) is 5.56 Å². The number of hydrogen-bond acceptors (Lipinski definition) is 2. The summed E-state index contributed by atoms with van der Waals surface area (Å²) in [6.45, 7) is 2.48. The minimum Gasteiger partial charge on any atom is -0.497 e. The first-order valence-corrected chi connectivity index (χ1v) is 7.98. The van der Waals surface area contributed by atoms with Crippen molar-refractivity contribution in [3.8, 4) is 5.75 Å². The topological polar surface area (TPSA) is 50.6 Å². The zero-order chi connectivity index (χ0) is 16.5. The second-order valence-corrected chi connectivity index (χ2v) is 5.46. The Morgan fingerprint density at radius 3 is 2.61 bits per heavy atom. The highest BCUT2D eigenvalue weighted by Gasteiger charge is 2.03. The maximum atomic E-state index is 6.24. The molecule has 5 nitrogen and oxygen atoms in total. The molecule has 1 aromatic heterocycles. The summed E-state index contributed by atoms with van der Waals surface area (Å²) >= 11 is 6.24. The lowest BCUT2D eigenvalue weighted by atomic mass is 10.1. The highest BCUT2D eigenvalue weighted by molar-refractivity contribution is 6.31. The van der Waals surface area contributed by atoms with Crippen LogP contribution in [0, 0.1) is 0 Å². The number of rotatable bonds is 7. The number of nitrogens with zero attached hydrogens (tertiary/aromatic N) is 2. The largest absolute Gasteiger partial charge is 0.497 e. The summed E-state index contributed by atoms with van der Waals surface area (Å²) in [7, 11) is 3.40. The molecule has 0 saturated carbocycles. The van der Waals surface area contributed by atoms with Gasteiger partial charge in [-0.3, -0.25) is 4.99 Å². The molecule has 0 unspecified atom stereocenters. The minimum atomic E-state index is 0.724. The molecule has 0 radical (unpaired) electrons. The van der Waals surface area contributed by atoms with Crippen LogP contribution in [0.15, 0.2) is 47.7 Å². The van der Waals surface area contributed by atoms with Crippen molar-refractivity contribution in [2.45, 2.75) is 13.0 Å². The van der Waals surface area contributed by atoms with Crippen molar-refractivity contribution in [2.75, 3.05) is 27.2 Å². The van der Waals surface area contributed by atoms with Crippen LogP contribution in [0.5, 0.6) is 5.75 Å². The van der Waals surface area contributed by atoms with Gasteiger partial charge in [-0.15, -0.1) is 0 Å². The van der Waals surface area contributed by atoms with E-state index in [1.807, 2.05) is 42.7 Å². The highest BCUT2D eigenvalue weighted by atomic mass is 35.5. The number of nitrogens with one attached hydrogen (secondary N) is 2. The van der Waals surface area contributed by atoms with E-state index in [0.717, 1.165) is 48.4 Å². The van der Waals surface area contributed by atoms with Crippen LogP contribution in [0.4, 0.5) is 0 Å². The van der Waals surface area contributed by atoms with E-state index >= 15 is 0 Å². The molecule has 1 aromatic carbocycles. The van der Waals surface area contributed by atoms with Crippen molar-refractivity contribution in [1.82, 2.24) is 15.2 Å². The van der Waals surface area contributed by atoms with Crippen LogP contribution in [-0.2, 0) is 13.0 Å². The molecule has 2 aromatic rings. The summed E-state index contributed by atoms with van der Waals surface area (Å²) in [5, 5.41) is 7.31. The summed E-state index contributed by atoms with van der Waals surface area (Å²) in [6.07, 6.45) is 4.91. The monoisotopic (exact) mass is 334 g/mol. The number of aromatic nitrogens is 1. The first-order chi connectivity index (χ1) is 11.2. The molecule has 6 heteroatoms. The van der Waals surface area contributed by atoms with E-state index in [2.05, 4.69) is 20.2 Å². The van der Waals surface area contributed by atoms with Crippen molar-refractivity contribution < 1.29 is 4.74 Å². The van der Waals surface area contributed by atoms with Gasteiger partial charge in [0.2, 0.25) is 0 Å². The molecule has 124 valence electrons. The zero-order valence-electron chi connectivity index (χ0n) is 13.6. The van der Waals surface area contributed by atoms with E-state index in [1.165, 1.54) is 0 Å². The standard InChI is InChI=1S/C17H23ClN4O/c1-19-17(21-9-12-22-10-3-4-11-22)20-8-7-14-5-6-15(23-2)13-16(14)18/h3-6,10-11,13H,7-9,12H2,1-2H3,(H2,19,20,21). The molecule has 0 aliphatic carbocycles. The smallest absolute Gasteiger partial charge is 0.191 e. The SMILES string of the molecule is CN=C(NCCc1ccc(OC)cc1Cl)NCCn1cccc1. The Labute approximate surface area is 142 Å². The van der Waals surface area contributed by atoms with Crippen LogP contribution < -0.4 is 15.4 Å². The van der Waals surface area contributed by atoms with Crippen LogP contribution in [-0.4, -0.2) is 37.8 Å². The van der Waals surface area contributed by atoms with E-state index < -0.39 is 0 Å². The number of ether oxygens (including phenoxy) is 1. The summed E-state index contributed by atoms with van der Waals surface area (Å²) < 4.78 is 7.28. The third-order valence-electron chi connectivity index (χ3n) is 3.50. The van der Waals surface area contributed by atoms with E-state index in [-0.39, 0.29) is 0 Å². The Morgan fingerprint density at radius 2 is 1.96 bits per heavy atom. The zero-order valence-corrected chi connectivity index (χ0v) is 14.3. The molecule has 0 bridgehead atoms. The Hall–Kier alpha value is -2.14. The molecule has 1 heterocycles. The number of halogens is 1. The molecule has 0 aliphatic rings. The Morgan fingerprint density at radius 1 is 1.22 bits per heavy atom. The molecule has 23 heavy (non-hydrogen) atoms. The summed E-state index contributed by atoms with van der Waals surface area (Å²) in [6, 6.07) is 9.79. The molecule has 0 aliphatic heterocycles. The predicted octanol–water partition coefficient (Wildman–Crippen LogP) is 2.56. The van der Waals surface area contributed by atoms with Crippen LogP contribution in [0.25, 0.3) is 0 Å². The predicted molar refractivity (Wildman–Crippen MR) is 95.5 cm³/mol. The normalized spacial score (nSPS) is 11.3. The lowest BCUT2D eigenvalue weighted by molar-refractivity contribution is 0.414. The van der Waals surface area contributed by atoms with E-state index in [4.69, 9.17) is 16.3 Å². The van der Waals surface area contributed by atoms with Gasteiger partial charge in [0.15, 0.2) is 5.96 Å². The third kappa shape index (κ3) is 5.53. The van der Waals surface area contributed by atoms with Gasteiger partial charge in [-0.1, -0.05) is 17.7 Å². The molecule has 0 amide bonds. The van der Waals surface area contributed by atoms with Gasteiger partial charge in [0.1, 0.15) is 5.75 Å².